The molecular weight excluding hydrogens is 250 g/mol. The third kappa shape index (κ3) is 4.28. The maximum absolute atomic E-state index is 11.1. The molecule has 0 aliphatic carbocycles. The summed E-state index contributed by atoms with van der Waals surface area (Å²) in [7, 11) is 1.60. The molecule has 1 amide bonds. The third-order valence-electron chi connectivity index (χ3n) is 2.80. The van der Waals surface area contributed by atoms with Crippen molar-refractivity contribution in [3.05, 3.63) is 71.8 Å². The Morgan fingerprint density at radius 3 is 2.45 bits per heavy atom. The number of rotatable bonds is 5. The average molecular weight is 267 g/mol. The number of hydrogen-bond donors (Lipinski definition) is 1. The van der Waals surface area contributed by atoms with Gasteiger partial charge in [-0.25, -0.2) is 0 Å². The summed E-state index contributed by atoms with van der Waals surface area (Å²) >= 11 is 0. The molecule has 0 radical (unpaired) electrons. The van der Waals surface area contributed by atoms with Crippen molar-refractivity contribution in [2.45, 2.75) is 6.61 Å². The Bertz CT molecular complexity index is 574. The van der Waals surface area contributed by atoms with E-state index in [1.807, 2.05) is 54.6 Å². The number of carbonyl (C=O) groups is 1. The van der Waals surface area contributed by atoms with E-state index < -0.39 is 0 Å². The van der Waals surface area contributed by atoms with Gasteiger partial charge in [0.05, 0.1) is 0 Å². The van der Waals surface area contributed by atoms with Crippen LogP contribution in [0.5, 0.6) is 5.75 Å². The molecule has 102 valence electrons. The summed E-state index contributed by atoms with van der Waals surface area (Å²) in [6.45, 7) is 0.550. The van der Waals surface area contributed by atoms with E-state index in [0.29, 0.717) is 6.61 Å². The second-order valence-corrected chi connectivity index (χ2v) is 4.29. The number of benzene rings is 2. The lowest BCUT2D eigenvalue weighted by atomic mass is 10.2. The van der Waals surface area contributed by atoms with Gasteiger partial charge in [-0.05, 0) is 29.3 Å². The van der Waals surface area contributed by atoms with Gasteiger partial charge in [0.15, 0.2) is 0 Å². The van der Waals surface area contributed by atoms with E-state index in [9.17, 15) is 4.79 Å². The van der Waals surface area contributed by atoms with Gasteiger partial charge in [0.1, 0.15) is 12.4 Å². The Kier molecular flexibility index (Phi) is 4.95. The summed E-state index contributed by atoms with van der Waals surface area (Å²) in [5, 5.41) is 2.53. The number of ether oxygens (including phenoxy) is 1. The van der Waals surface area contributed by atoms with Crippen LogP contribution in [0.3, 0.4) is 0 Å². The van der Waals surface area contributed by atoms with E-state index in [2.05, 4.69) is 5.32 Å². The Balaban J connectivity index is 1.91. The number of nitrogens with one attached hydrogen (secondary N) is 1. The topological polar surface area (TPSA) is 38.3 Å². The van der Waals surface area contributed by atoms with Crippen LogP contribution in [0.2, 0.25) is 0 Å². The van der Waals surface area contributed by atoms with Gasteiger partial charge in [0.25, 0.3) is 0 Å². The molecule has 0 heterocycles. The van der Waals surface area contributed by atoms with E-state index in [0.717, 1.165) is 16.9 Å². The summed E-state index contributed by atoms with van der Waals surface area (Å²) in [6.07, 6.45) is 3.26. The highest BCUT2D eigenvalue weighted by molar-refractivity contribution is 5.91. The van der Waals surface area contributed by atoms with Crippen molar-refractivity contribution in [3.8, 4) is 5.75 Å². The molecule has 0 atom stereocenters. The lowest BCUT2D eigenvalue weighted by Crippen LogP contribution is -2.13. The van der Waals surface area contributed by atoms with Crippen LogP contribution in [0.15, 0.2) is 60.7 Å². The van der Waals surface area contributed by atoms with Crippen molar-refractivity contribution < 1.29 is 9.53 Å². The van der Waals surface area contributed by atoms with Crippen LogP contribution in [0.1, 0.15) is 11.1 Å². The van der Waals surface area contributed by atoms with Gasteiger partial charge in [-0.2, -0.15) is 0 Å². The summed E-state index contributed by atoms with van der Waals surface area (Å²) in [5.41, 5.74) is 2.09. The van der Waals surface area contributed by atoms with Crippen LogP contribution in [0.4, 0.5) is 0 Å². The monoisotopic (exact) mass is 267 g/mol. The van der Waals surface area contributed by atoms with Crippen molar-refractivity contribution >= 4 is 12.0 Å². The summed E-state index contributed by atoms with van der Waals surface area (Å²) in [4.78, 5) is 11.1. The van der Waals surface area contributed by atoms with Crippen LogP contribution < -0.4 is 10.1 Å². The molecule has 0 fully saturated rings. The molecule has 20 heavy (non-hydrogen) atoms. The number of hydrogen-bond acceptors (Lipinski definition) is 2. The maximum Gasteiger partial charge on any atom is 0.243 e. The SMILES string of the molecule is CNC(=O)/C=C/c1ccc(OCc2ccccc2)cc1. The zero-order valence-electron chi connectivity index (χ0n) is 11.4. The fraction of sp³-hybridized carbons (Fsp3) is 0.118. The minimum Gasteiger partial charge on any atom is -0.489 e. The molecule has 0 unspecified atom stereocenters. The lowest BCUT2D eigenvalue weighted by molar-refractivity contribution is -0.115. The van der Waals surface area contributed by atoms with Gasteiger partial charge in [-0.3, -0.25) is 4.79 Å². The molecule has 3 heteroatoms. The molecule has 3 nitrogen and oxygen atoms in total. The van der Waals surface area contributed by atoms with Gasteiger partial charge in [-0.15, -0.1) is 0 Å². The predicted molar refractivity (Wildman–Crippen MR) is 80.3 cm³/mol. The zero-order chi connectivity index (χ0) is 14.2. The number of amides is 1. The largest absolute Gasteiger partial charge is 0.489 e. The highest BCUT2D eigenvalue weighted by Gasteiger charge is 1.96. The van der Waals surface area contributed by atoms with Crippen LogP contribution in [-0.2, 0) is 11.4 Å². The molecule has 0 aromatic heterocycles. The molecule has 0 spiro atoms. The van der Waals surface area contributed by atoms with Gasteiger partial charge >= 0.3 is 0 Å². The van der Waals surface area contributed by atoms with Crippen LogP contribution in [0.25, 0.3) is 6.08 Å². The number of likely N-dealkylation sites (N-methyl/N-ethyl adjacent to an activating group) is 1. The lowest BCUT2D eigenvalue weighted by Gasteiger charge is -2.06. The standard InChI is InChI=1S/C17H17NO2/c1-18-17(19)12-9-14-7-10-16(11-8-14)20-13-15-5-3-2-4-6-15/h2-12H,13H2,1H3,(H,18,19)/b12-9+. The molecule has 2 aromatic rings. The van der Waals surface area contributed by atoms with E-state index in [1.54, 1.807) is 13.1 Å². The summed E-state index contributed by atoms with van der Waals surface area (Å²) < 4.78 is 5.69. The smallest absolute Gasteiger partial charge is 0.243 e. The second kappa shape index (κ2) is 7.14. The van der Waals surface area contributed by atoms with E-state index >= 15 is 0 Å². The highest BCUT2D eigenvalue weighted by Crippen LogP contribution is 2.15. The van der Waals surface area contributed by atoms with E-state index in [-0.39, 0.29) is 5.91 Å². The Morgan fingerprint density at radius 2 is 1.80 bits per heavy atom. The fourth-order valence-electron chi connectivity index (χ4n) is 1.67. The van der Waals surface area contributed by atoms with E-state index in [1.165, 1.54) is 6.08 Å². The first-order valence-corrected chi connectivity index (χ1v) is 6.44. The molecule has 0 saturated heterocycles. The average Bonchev–Trinajstić information content (AvgIpc) is 2.52. The van der Waals surface area contributed by atoms with Crippen LogP contribution in [-0.4, -0.2) is 13.0 Å². The summed E-state index contributed by atoms with van der Waals surface area (Å²) in [6, 6.07) is 17.6. The normalized spacial score (nSPS) is 10.4. The van der Waals surface area contributed by atoms with Crippen molar-refractivity contribution in [3.63, 3.8) is 0 Å². The van der Waals surface area contributed by atoms with Crippen LogP contribution >= 0.6 is 0 Å². The van der Waals surface area contributed by atoms with Crippen molar-refractivity contribution in [1.82, 2.24) is 5.32 Å². The molecule has 0 aliphatic heterocycles. The molecular formula is C17H17NO2. The minimum atomic E-state index is -0.116. The Morgan fingerprint density at radius 1 is 1.10 bits per heavy atom. The van der Waals surface area contributed by atoms with Gasteiger partial charge in [-0.1, -0.05) is 42.5 Å². The fourth-order valence-corrected chi connectivity index (χ4v) is 1.67. The molecule has 2 aromatic carbocycles. The first kappa shape index (κ1) is 13.9. The molecule has 0 aliphatic rings. The van der Waals surface area contributed by atoms with E-state index in [4.69, 9.17) is 4.74 Å². The second-order valence-electron chi connectivity index (χ2n) is 4.29. The third-order valence-corrected chi connectivity index (χ3v) is 2.80. The molecule has 0 saturated carbocycles. The molecule has 1 N–H and O–H groups in total. The Hall–Kier alpha value is -2.55. The predicted octanol–water partition coefficient (Wildman–Crippen LogP) is 3.02. The van der Waals surface area contributed by atoms with Gasteiger partial charge in [0.2, 0.25) is 5.91 Å². The molecule has 0 bridgehead atoms. The quantitative estimate of drug-likeness (QED) is 0.846. The zero-order valence-corrected chi connectivity index (χ0v) is 11.4. The van der Waals surface area contributed by atoms with Gasteiger partial charge in [0, 0.05) is 13.1 Å². The van der Waals surface area contributed by atoms with Crippen LogP contribution in [0, 0.1) is 0 Å². The first-order chi connectivity index (χ1) is 9.78. The summed E-state index contributed by atoms with van der Waals surface area (Å²) in [5.74, 6) is 0.695. The first-order valence-electron chi connectivity index (χ1n) is 6.44. The Labute approximate surface area is 118 Å². The number of carbonyl (C=O) groups excluding carboxylic acids is 1. The van der Waals surface area contributed by atoms with Crippen molar-refractivity contribution in [2.24, 2.45) is 0 Å². The van der Waals surface area contributed by atoms with Crippen molar-refractivity contribution in [1.29, 1.82) is 0 Å². The molecule has 2 rings (SSSR count). The highest BCUT2D eigenvalue weighted by atomic mass is 16.5. The van der Waals surface area contributed by atoms with Crippen molar-refractivity contribution in [2.75, 3.05) is 7.05 Å². The van der Waals surface area contributed by atoms with Gasteiger partial charge < -0.3 is 10.1 Å². The minimum absolute atomic E-state index is 0.116. The maximum atomic E-state index is 11.1.